The van der Waals surface area contributed by atoms with Crippen molar-refractivity contribution in [2.75, 3.05) is 11.3 Å². The summed E-state index contributed by atoms with van der Waals surface area (Å²) in [7, 11) is 4.65. The third-order valence-corrected chi connectivity index (χ3v) is 29.2. The molecule has 1 unspecified atom stereocenters. The average molecular weight is 2330 g/mol. The molecule has 1 N–H and O–H groups in total. The van der Waals surface area contributed by atoms with Crippen LogP contribution >= 0.6 is 19.8 Å². The van der Waals surface area contributed by atoms with Crippen LogP contribution in [0.4, 0.5) is 27.1 Å². The number of carbonyl (C=O) groups is 1. The summed E-state index contributed by atoms with van der Waals surface area (Å²) in [5.74, 6) is 0.547. The Kier molecular flexibility index (Phi) is 32.8. The molecule has 5 heterocycles. The molecule has 5 aromatic heterocycles. The third kappa shape index (κ3) is 22.0. The quantitative estimate of drug-likeness (QED) is 0.0264. The van der Waals surface area contributed by atoms with Crippen LogP contribution in [-0.4, -0.2) is 75.6 Å². The minimum Gasteiger partial charge on any atom is -0.436 e. The van der Waals surface area contributed by atoms with Gasteiger partial charge in [-0.3, -0.25) is 9.78 Å². The van der Waals surface area contributed by atoms with Gasteiger partial charge in [0.1, 0.15) is 18.7 Å². The van der Waals surface area contributed by atoms with Gasteiger partial charge in [0.25, 0.3) is 0 Å². The van der Waals surface area contributed by atoms with E-state index in [0.717, 1.165) is 137 Å². The van der Waals surface area contributed by atoms with Gasteiger partial charge in [0.05, 0.1) is 58.4 Å². The second-order valence-electron chi connectivity index (χ2n) is 37.8. The van der Waals surface area contributed by atoms with Crippen molar-refractivity contribution in [1.82, 2.24) is 24.5 Å². The monoisotopic (exact) mass is 2330 g/mol. The summed E-state index contributed by atoms with van der Waals surface area (Å²) in [6, 6.07) is 136. The minimum atomic E-state index is -0.375. The van der Waals surface area contributed by atoms with Crippen LogP contribution in [-0.2, 0) is 30.3 Å². The summed E-state index contributed by atoms with van der Waals surface area (Å²) in [4.78, 5) is 37.4. The number of carbonyl (C=O) groups excluding carboxylic acids is 1. The van der Waals surface area contributed by atoms with Crippen LogP contribution in [0.5, 0.6) is 0 Å². The topological polar surface area (TPSA) is 115 Å². The van der Waals surface area contributed by atoms with Crippen LogP contribution < -0.4 is 4.90 Å². The zero-order valence-electron chi connectivity index (χ0n) is 84.3. The van der Waals surface area contributed by atoms with Crippen LogP contribution in [0.25, 0.3) is 186 Å². The molecule has 1 aliphatic rings. The molecule has 17 aromatic carbocycles. The summed E-state index contributed by atoms with van der Waals surface area (Å²) >= 11 is 1.86. The number of hydrogen-bond donors (Lipinski definition) is 1. The molecule has 0 saturated heterocycles. The SMILES string of the molecule is CC1(C)c2ccccc2-c2ccc(N(c3ccc(-c4ccccc4)cc3)c3ccc(-c4ccc5c(c4)c4ccccc4n5-c4ccccc4)cc3)cc21.CCC(CC)C(=O)C=C(O)C(CC)CC.[B]PCF.[BiH2].[C-]#[N+]c1ccc(C)c(-c2cnc(-c3[c-]c(C)cc(C)c3)c(-c3cc(C)cc(C)c3)n2)c1.[Ir].c1cc(-c2cccc(-c3cccc4c3sc3ccccc34)c2)cc(-c2cnc3c(n2)oc2ccc4ccccc4c23)c1. The van der Waals surface area contributed by atoms with Gasteiger partial charge >= 0.3 is 26.2 Å². The Balaban J connectivity index is 0.000000141. The normalized spacial score (nSPS) is 11.8. The number of anilines is 3. The number of furan rings is 1. The van der Waals surface area contributed by atoms with Gasteiger partial charge in [0.2, 0.25) is 5.71 Å². The molecule has 23 rings (SSSR count). The number of halogens is 1. The van der Waals surface area contributed by atoms with E-state index in [2.05, 4.69) is 396 Å². The van der Waals surface area contributed by atoms with Gasteiger partial charge in [0, 0.05) is 115 Å². The maximum Gasteiger partial charge on any atom is 0.246 e. The Morgan fingerprint density at radius 2 is 1.04 bits per heavy atom. The maximum absolute atomic E-state index is 11.7. The van der Waals surface area contributed by atoms with E-state index in [-0.39, 0.29) is 90.0 Å². The molecule has 1 aliphatic carbocycles. The van der Waals surface area contributed by atoms with E-state index in [0.29, 0.717) is 11.4 Å². The summed E-state index contributed by atoms with van der Waals surface area (Å²) in [6.07, 6.45) is 8.20. The van der Waals surface area contributed by atoms with Crippen molar-refractivity contribution in [1.29, 1.82) is 0 Å². The van der Waals surface area contributed by atoms with Crippen molar-refractivity contribution < 1.29 is 38.8 Å². The predicted molar refractivity (Wildman–Crippen MR) is 619 cm³/mol. The number of aliphatic hydroxyl groups is 1. The van der Waals surface area contributed by atoms with E-state index < -0.39 is 0 Å². The Morgan fingerprint density at radius 3 is 1.73 bits per heavy atom. The van der Waals surface area contributed by atoms with Crippen LogP contribution in [0.2, 0.25) is 0 Å². The molecule has 22 aromatic rings. The number of para-hydroxylation sites is 2. The fourth-order valence-electron chi connectivity index (χ4n) is 20.4. The molecule has 147 heavy (non-hydrogen) atoms. The predicted octanol–water partition coefficient (Wildman–Crippen LogP) is 35.8. The van der Waals surface area contributed by atoms with Crippen molar-refractivity contribution in [3.05, 3.63) is 451 Å². The van der Waals surface area contributed by atoms with Crippen molar-refractivity contribution >= 4 is 157 Å². The second-order valence-corrected chi connectivity index (χ2v) is 39.5. The van der Waals surface area contributed by atoms with E-state index >= 15 is 0 Å². The fraction of sp³-hybridized carbons (Fsp3) is 0.145. The largest absolute Gasteiger partial charge is 0.436 e. The smallest absolute Gasteiger partial charge is 0.246 e. The molecule has 0 saturated carbocycles. The second kappa shape index (κ2) is 46.4. The number of rotatable bonds is 20. The Bertz CT molecular complexity index is 8610. The number of aryl methyl sites for hydroxylation is 5. The number of hydrogen-bond acceptors (Lipinski definition) is 9. The zero-order chi connectivity index (χ0) is 101. The van der Waals surface area contributed by atoms with Gasteiger partial charge in [-0.15, -0.1) is 54.7 Å². The van der Waals surface area contributed by atoms with Gasteiger partial charge < -0.3 is 24.0 Å². The minimum absolute atomic E-state index is 0. The van der Waals surface area contributed by atoms with Crippen molar-refractivity contribution in [2.24, 2.45) is 11.8 Å². The first-order chi connectivity index (χ1) is 70.7. The first kappa shape index (κ1) is 104. The number of nitrogens with zero attached hydrogens (tertiary/aromatic N) is 7. The van der Waals surface area contributed by atoms with E-state index in [1.165, 1.54) is 126 Å². The van der Waals surface area contributed by atoms with Crippen LogP contribution in [0.15, 0.2) is 399 Å². The van der Waals surface area contributed by atoms with Crippen LogP contribution in [0.3, 0.4) is 0 Å². The van der Waals surface area contributed by atoms with Crippen molar-refractivity contribution in [2.45, 2.75) is 107 Å². The van der Waals surface area contributed by atoms with Gasteiger partial charge in [-0.2, -0.15) is 0 Å². The summed E-state index contributed by atoms with van der Waals surface area (Å²) in [5.41, 5.74) is 37.5. The number of fused-ring (bicyclic) bond motifs is 14. The number of aliphatic hydroxyl groups excluding tert-OH is 1. The van der Waals surface area contributed by atoms with E-state index in [9.17, 15) is 14.3 Å². The number of thiophene rings is 1. The molecule has 0 fully saturated rings. The Hall–Kier alpha value is -14.6. The first-order valence-corrected chi connectivity index (χ1v) is 51.8. The van der Waals surface area contributed by atoms with E-state index in [4.69, 9.17) is 30.9 Å². The number of allylic oxidation sites excluding steroid dienone is 2. The number of aromatic nitrogens is 5. The molecule has 726 valence electrons. The summed E-state index contributed by atoms with van der Waals surface area (Å²) in [5, 5.41) is 18.2. The number of alkyl halides is 1. The molecule has 0 spiro atoms. The van der Waals surface area contributed by atoms with E-state index in [1.54, 1.807) is 0 Å². The van der Waals surface area contributed by atoms with Gasteiger partial charge in [0.15, 0.2) is 11.5 Å². The molecular weight excluding hydrogens is 2210 g/mol. The molecule has 4 radical (unpaired) electrons. The van der Waals surface area contributed by atoms with Gasteiger partial charge in [-0.1, -0.05) is 327 Å². The van der Waals surface area contributed by atoms with Gasteiger partial charge in [-0.05, 0) is 238 Å². The standard InChI is InChI=1S/C51H38N2.C38H22N2OS.C28H24N3.C13H24O2.CH3BFP.Bi.Ir.2H/c1-51(2)47-19-11-9-17-43(47)44-31-30-42(34-48(44)51)52(40-26-21-36(22-27-40)35-13-5-3-6-14-35)41-28-23-37(24-29-41)38-25-32-50-46(33-38)45-18-10-12-20-49(45)53(50)39-15-7-4-8-16-39;1-2-13-28-23(8-1)18-19-33-35(28)36-38(41-33)40-32(22-39-36)27-12-6-10-25(21-27)24-9-5-11-26(20-24)29-15-7-16-31-30-14-3-4-17-34(30)42-37(29)31;1-17-9-18(2)12-22(11-17)27-28(23-13-19(3)10-20(4)14-23)31-26(16-30-27)25-15-24(29-6)8-7-21(25)5;1-5-10(6-2)12(14)9-13(15)11(7-3)8-4;2-4-1-3;;;;/h3-34H,1-2H3;1-22H;7-11,13-16H,1-5H3;9-11,14H,5-8H2,1-4H3;4H,1H2;;;;/q;;-1;;;;;;. The van der Waals surface area contributed by atoms with Crippen LogP contribution in [0, 0.1) is 59.1 Å². The summed E-state index contributed by atoms with van der Waals surface area (Å²) in [6.45, 7) is 30.5. The Morgan fingerprint density at radius 1 is 0.490 bits per heavy atom. The van der Waals surface area contributed by atoms with Crippen LogP contribution in [0.1, 0.15) is 106 Å². The molecular formula is C131H113BBiFIrN7O3PS-. The average Bonchev–Trinajstić information content (AvgIpc) is 1.47. The number of ketones is 1. The zero-order valence-corrected chi connectivity index (χ0v) is 93.0. The number of benzene rings is 17. The molecule has 10 nitrogen and oxygen atoms in total. The molecule has 1 atom stereocenters. The van der Waals surface area contributed by atoms with Crippen molar-refractivity contribution in [3.63, 3.8) is 0 Å². The first-order valence-electron chi connectivity index (χ1n) is 49.7. The molecule has 0 aliphatic heterocycles. The fourth-order valence-corrected chi connectivity index (χ4v) is 21.7. The molecule has 0 amide bonds. The Labute approximate surface area is 900 Å². The molecule has 0 bridgehead atoms. The summed E-state index contributed by atoms with van der Waals surface area (Å²) < 4.78 is 21.8. The van der Waals surface area contributed by atoms with Crippen molar-refractivity contribution in [3.8, 4) is 106 Å². The molecule has 16 heteroatoms. The maximum atomic E-state index is 11.7. The van der Waals surface area contributed by atoms with Gasteiger partial charge in [-0.25, -0.2) is 19.2 Å². The van der Waals surface area contributed by atoms with E-state index in [1.807, 2.05) is 102 Å². The third-order valence-electron chi connectivity index (χ3n) is 27.8.